The van der Waals surface area contributed by atoms with E-state index in [0.717, 1.165) is 17.7 Å². The number of hydrogen-bond donors (Lipinski definition) is 2. The predicted octanol–water partition coefficient (Wildman–Crippen LogP) is 4.79. The lowest BCUT2D eigenvalue weighted by molar-refractivity contribution is -0.142. The molecule has 2 N–H and O–H groups in total. The third kappa shape index (κ3) is 8.51. The topological polar surface area (TPSA) is 118 Å². The molecule has 0 aliphatic carbocycles. The predicted molar refractivity (Wildman–Crippen MR) is 157 cm³/mol. The SMILES string of the molecule is C[C@@H](C(=O)NCc1ccccn1)N(Cc1ccc(Cl)cc1)C(=O)COc1ccc(S(=O)(=O)Nc2ccc(F)cc2)cc1. The Kier molecular flexibility index (Phi) is 10.1. The van der Waals surface area contributed by atoms with Gasteiger partial charge in [-0.3, -0.25) is 19.3 Å². The first kappa shape index (κ1) is 30.5. The molecule has 0 radical (unpaired) electrons. The molecule has 12 heteroatoms. The number of nitrogens with one attached hydrogen (secondary N) is 2. The van der Waals surface area contributed by atoms with Crippen LogP contribution < -0.4 is 14.8 Å². The van der Waals surface area contributed by atoms with E-state index < -0.39 is 34.4 Å². The highest BCUT2D eigenvalue weighted by molar-refractivity contribution is 7.92. The van der Waals surface area contributed by atoms with E-state index in [4.69, 9.17) is 16.3 Å². The summed E-state index contributed by atoms with van der Waals surface area (Å²) < 4.78 is 46.5. The van der Waals surface area contributed by atoms with Crippen LogP contribution in [-0.2, 0) is 32.7 Å². The van der Waals surface area contributed by atoms with Gasteiger partial charge in [0.1, 0.15) is 17.6 Å². The number of amides is 2. The third-order valence-electron chi connectivity index (χ3n) is 6.20. The van der Waals surface area contributed by atoms with Crippen molar-refractivity contribution in [1.82, 2.24) is 15.2 Å². The number of sulfonamides is 1. The average molecular weight is 611 g/mol. The van der Waals surface area contributed by atoms with Gasteiger partial charge >= 0.3 is 0 Å². The molecule has 9 nitrogen and oxygen atoms in total. The van der Waals surface area contributed by atoms with E-state index in [-0.39, 0.29) is 35.3 Å². The Morgan fingerprint density at radius 1 is 0.976 bits per heavy atom. The van der Waals surface area contributed by atoms with Crippen molar-refractivity contribution in [2.24, 2.45) is 0 Å². The maximum atomic E-state index is 13.3. The molecule has 0 aliphatic rings. The van der Waals surface area contributed by atoms with Crippen LogP contribution >= 0.6 is 11.6 Å². The first-order chi connectivity index (χ1) is 20.1. The molecular formula is C30H28ClFN4O5S. The van der Waals surface area contributed by atoms with E-state index in [1.165, 1.54) is 41.3 Å². The van der Waals surface area contributed by atoms with Crippen molar-refractivity contribution in [1.29, 1.82) is 0 Å². The molecule has 2 amide bonds. The lowest BCUT2D eigenvalue weighted by Crippen LogP contribution is -2.48. The van der Waals surface area contributed by atoms with Gasteiger partial charge in [0, 0.05) is 23.5 Å². The molecule has 1 atom stereocenters. The summed E-state index contributed by atoms with van der Waals surface area (Å²) in [4.78, 5) is 31.8. The number of halogens is 2. The van der Waals surface area contributed by atoms with Gasteiger partial charge in [-0.1, -0.05) is 29.8 Å². The molecule has 0 unspecified atom stereocenters. The number of benzene rings is 3. The summed E-state index contributed by atoms with van der Waals surface area (Å²) in [6.45, 7) is 1.55. The number of pyridine rings is 1. The fourth-order valence-electron chi connectivity index (χ4n) is 3.87. The molecule has 0 aliphatic heterocycles. The Morgan fingerprint density at radius 2 is 1.67 bits per heavy atom. The molecule has 0 fully saturated rings. The van der Waals surface area contributed by atoms with Gasteiger partial charge in [0.15, 0.2) is 6.61 Å². The maximum Gasteiger partial charge on any atom is 0.261 e. The number of hydrogen-bond acceptors (Lipinski definition) is 6. The second-order valence-corrected chi connectivity index (χ2v) is 11.4. The number of aromatic nitrogens is 1. The molecular weight excluding hydrogens is 583 g/mol. The van der Waals surface area contributed by atoms with E-state index in [9.17, 15) is 22.4 Å². The van der Waals surface area contributed by atoms with E-state index in [1.807, 2.05) is 6.07 Å². The molecule has 3 aromatic carbocycles. The van der Waals surface area contributed by atoms with Crippen LogP contribution in [0.15, 0.2) is 102 Å². The number of rotatable bonds is 12. The molecule has 4 rings (SSSR count). The van der Waals surface area contributed by atoms with Gasteiger partial charge in [-0.25, -0.2) is 12.8 Å². The first-order valence-electron chi connectivity index (χ1n) is 12.8. The summed E-state index contributed by atoms with van der Waals surface area (Å²) in [7, 11) is -3.93. The van der Waals surface area contributed by atoms with Crippen molar-refractivity contribution < 1.29 is 27.1 Å². The van der Waals surface area contributed by atoms with Gasteiger partial charge in [-0.15, -0.1) is 0 Å². The van der Waals surface area contributed by atoms with Crippen LogP contribution in [0.5, 0.6) is 5.75 Å². The molecule has 0 saturated heterocycles. The Bertz CT molecular complexity index is 1600. The molecule has 42 heavy (non-hydrogen) atoms. The summed E-state index contributed by atoms with van der Waals surface area (Å²) in [6.07, 6.45) is 1.63. The third-order valence-corrected chi connectivity index (χ3v) is 7.85. The lowest BCUT2D eigenvalue weighted by atomic mass is 10.1. The second kappa shape index (κ2) is 13.9. The molecule has 0 saturated carbocycles. The number of carbonyl (C=O) groups excluding carboxylic acids is 2. The van der Waals surface area contributed by atoms with Crippen LogP contribution in [0.3, 0.4) is 0 Å². The molecule has 1 heterocycles. The van der Waals surface area contributed by atoms with Gasteiger partial charge in [-0.05, 0) is 85.3 Å². The highest BCUT2D eigenvalue weighted by Gasteiger charge is 2.26. The fourth-order valence-corrected chi connectivity index (χ4v) is 5.06. The van der Waals surface area contributed by atoms with Crippen molar-refractivity contribution in [3.8, 4) is 5.75 Å². The van der Waals surface area contributed by atoms with Crippen molar-refractivity contribution in [3.63, 3.8) is 0 Å². The minimum Gasteiger partial charge on any atom is -0.484 e. The van der Waals surface area contributed by atoms with Gasteiger partial charge in [0.05, 0.1) is 17.1 Å². The minimum atomic E-state index is -3.93. The molecule has 218 valence electrons. The van der Waals surface area contributed by atoms with E-state index in [2.05, 4.69) is 15.0 Å². The smallest absolute Gasteiger partial charge is 0.261 e. The van der Waals surface area contributed by atoms with Crippen LogP contribution in [0.25, 0.3) is 0 Å². The normalized spacial score (nSPS) is 11.8. The van der Waals surface area contributed by atoms with Crippen molar-refractivity contribution in [2.75, 3.05) is 11.3 Å². The molecule has 1 aromatic heterocycles. The van der Waals surface area contributed by atoms with Gasteiger partial charge in [0.2, 0.25) is 5.91 Å². The summed E-state index contributed by atoms with van der Waals surface area (Å²) in [6, 6.07) is 21.8. The summed E-state index contributed by atoms with van der Waals surface area (Å²) in [5, 5.41) is 3.35. The van der Waals surface area contributed by atoms with Crippen LogP contribution in [0.2, 0.25) is 5.02 Å². The molecule has 0 spiro atoms. The van der Waals surface area contributed by atoms with Crippen LogP contribution in [0.4, 0.5) is 10.1 Å². The van der Waals surface area contributed by atoms with E-state index >= 15 is 0 Å². The number of carbonyl (C=O) groups is 2. The fraction of sp³-hybridized carbons (Fsp3) is 0.167. The van der Waals surface area contributed by atoms with Gasteiger partial charge in [0.25, 0.3) is 15.9 Å². The van der Waals surface area contributed by atoms with Crippen molar-refractivity contribution in [3.05, 3.63) is 119 Å². The summed E-state index contributed by atoms with van der Waals surface area (Å²) in [5.41, 5.74) is 1.65. The van der Waals surface area contributed by atoms with Crippen molar-refractivity contribution >= 4 is 39.1 Å². The minimum absolute atomic E-state index is 0.0481. The Hall–Kier alpha value is -4.48. The van der Waals surface area contributed by atoms with Gasteiger partial charge < -0.3 is 15.0 Å². The zero-order valence-electron chi connectivity index (χ0n) is 22.5. The summed E-state index contributed by atoms with van der Waals surface area (Å²) in [5.74, 6) is -1.06. The number of anilines is 1. The highest BCUT2D eigenvalue weighted by atomic mass is 35.5. The van der Waals surface area contributed by atoms with Gasteiger partial charge in [-0.2, -0.15) is 0 Å². The zero-order chi connectivity index (χ0) is 30.1. The number of ether oxygens (including phenoxy) is 1. The quantitative estimate of drug-likeness (QED) is 0.238. The summed E-state index contributed by atoms with van der Waals surface area (Å²) >= 11 is 6.00. The second-order valence-electron chi connectivity index (χ2n) is 9.24. The Balaban J connectivity index is 1.41. The zero-order valence-corrected chi connectivity index (χ0v) is 24.1. The lowest BCUT2D eigenvalue weighted by Gasteiger charge is -2.28. The molecule has 0 bridgehead atoms. The number of nitrogens with zero attached hydrogens (tertiary/aromatic N) is 2. The molecule has 4 aromatic rings. The maximum absolute atomic E-state index is 13.3. The van der Waals surface area contributed by atoms with E-state index in [1.54, 1.807) is 49.5 Å². The van der Waals surface area contributed by atoms with Crippen LogP contribution in [0.1, 0.15) is 18.2 Å². The van der Waals surface area contributed by atoms with Crippen LogP contribution in [-0.4, -0.2) is 42.8 Å². The average Bonchev–Trinajstić information content (AvgIpc) is 3.00. The standard InChI is InChI=1S/C30H28ClFN4O5S/c1-21(30(38)34-18-26-4-2-3-17-33-26)36(19-22-5-7-23(31)8-6-22)29(37)20-41-27-13-15-28(16-14-27)42(39,40)35-25-11-9-24(32)10-12-25/h2-17,21,35H,18-20H2,1H3,(H,34,38)/t21-/m0/s1. The van der Waals surface area contributed by atoms with E-state index in [0.29, 0.717) is 10.7 Å². The Labute approximate surface area is 248 Å². The monoisotopic (exact) mass is 610 g/mol. The van der Waals surface area contributed by atoms with Crippen LogP contribution in [0, 0.1) is 5.82 Å². The Morgan fingerprint density at radius 3 is 2.31 bits per heavy atom. The first-order valence-corrected chi connectivity index (χ1v) is 14.7. The largest absolute Gasteiger partial charge is 0.484 e. The van der Waals surface area contributed by atoms with Crippen molar-refractivity contribution in [2.45, 2.75) is 31.0 Å². The highest BCUT2D eigenvalue weighted by Crippen LogP contribution is 2.20.